The number of hydrogen-bond donors (Lipinski definition) is 0. The molecule has 4 saturated carbocycles. The molecular formula is C22H24O3S. The van der Waals surface area contributed by atoms with Crippen LogP contribution in [-0.4, -0.2) is 11.9 Å². The largest absolute Gasteiger partial charge is 0.386 e. The van der Waals surface area contributed by atoms with Gasteiger partial charge in [-0.3, -0.25) is 0 Å². The maximum absolute atomic E-state index is 12.7. The van der Waals surface area contributed by atoms with Gasteiger partial charge in [-0.2, -0.15) is 0 Å². The molecule has 6 rings (SSSR count). The van der Waals surface area contributed by atoms with E-state index in [1.807, 2.05) is 6.92 Å². The number of carbonyl (C=O) groups is 2. The fourth-order valence-electron chi connectivity index (χ4n) is 6.23. The monoisotopic (exact) mass is 368 g/mol. The first-order valence-corrected chi connectivity index (χ1v) is 10.5. The van der Waals surface area contributed by atoms with Gasteiger partial charge in [-0.05, 0) is 99.3 Å². The summed E-state index contributed by atoms with van der Waals surface area (Å²) in [5, 5.41) is 0. The van der Waals surface area contributed by atoms with Crippen molar-refractivity contribution in [2.75, 3.05) is 0 Å². The number of rotatable bonds is 1. The van der Waals surface area contributed by atoms with E-state index in [9.17, 15) is 9.59 Å². The molecule has 0 radical (unpaired) electrons. The number of hydrogen-bond acceptors (Lipinski definition) is 4. The lowest BCUT2D eigenvalue weighted by Gasteiger charge is -2.51. The number of carbonyl (C=O) groups excluding carboxylic acids is 2. The second-order valence-electron chi connectivity index (χ2n) is 8.64. The van der Waals surface area contributed by atoms with E-state index in [1.54, 1.807) is 11.3 Å². The highest BCUT2D eigenvalue weighted by molar-refractivity contribution is 7.12. The number of ether oxygens (including phenoxy) is 1. The van der Waals surface area contributed by atoms with Crippen molar-refractivity contribution in [2.24, 2.45) is 23.7 Å². The number of thiophene rings is 1. The summed E-state index contributed by atoms with van der Waals surface area (Å²) in [5.74, 6) is 1.75. The zero-order chi connectivity index (χ0) is 18.2. The highest BCUT2D eigenvalue weighted by atomic mass is 32.1. The molecule has 0 atom stereocenters. The van der Waals surface area contributed by atoms with Crippen LogP contribution in [0.5, 0.6) is 0 Å². The van der Waals surface area contributed by atoms with Crippen LogP contribution >= 0.6 is 11.3 Å². The number of esters is 2. The molecule has 2 heterocycles. The normalized spacial score (nSPS) is 34.7. The average molecular weight is 368 g/mol. The molecule has 0 unspecified atom stereocenters. The Kier molecular flexibility index (Phi) is 3.59. The molecule has 3 nitrogen and oxygen atoms in total. The lowest BCUT2D eigenvalue weighted by molar-refractivity contribution is -0.149. The molecule has 0 amide bonds. The van der Waals surface area contributed by atoms with Crippen LogP contribution in [0.1, 0.15) is 54.3 Å². The SMILES string of the molecule is C/C(=C1/C(=O)OC(=O)C1=C1C2CC3CC(C2)CC1C3)c1cc(C)sc1C. The van der Waals surface area contributed by atoms with Crippen molar-refractivity contribution >= 4 is 28.8 Å². The lowest BCUT2D eigenvalue weighted by Crippen LogP contribution is -2.41. The fraction of sp³-hybridized carbons (Fsp3) is 0.545. The molecule has 1 saturated heterocycles. The third kappa shape index (κ3) is 2.31. The Morgan fingerprint density at radius 3 is 2.15 bits per heavy atom. The van der Waals surface area contributed by atoms with E-state index in [4.69, 9.17) is 4.74 Å². The Hall–Kier alpha value is -1.68. The Balaban J connectivity index is 1.70. The molecular weight excluding hydrogens is 344 g/mol. The molecule has 1 aromatic heterocycles. The van der Waals surface area contributed by atoms with Crippen molar-refractivity contribution < 1.29 is 14.3 Å². The minimum Gasteiger partial charge on any atom is -0.386 e. The standard InChI is InChI=1S/C22H24O3S/c1-10-4-17(12(3)26-10)11(2)18-20(22(24)25-21(18)23)19-15-6-13-5-14(8-15)9-16(19)7-13/h4,13-16H,5-9H2,1-3H3/b18-11-,20-19?. The van der Waals surface area contributed by atoms with Crippen LogP contribution in [0.15, 0.2) is 22.8 Å². The third-order valence-corrected chi connectivity index (χ3v) is 7.94. The van der Waals surface area contributed by atoms with Crippen LogP contribution in [0.25, 0.3) is 5.57 Å². The van der Waals surface area contributed by atoms with Crippen molar-refractivity contribution in [3.63, 3.8) is 0 Å². The summed E-state index contributed by atoms with van der Waals surface area (Å²) in [4.78, 5) is 27.8. The van der Waals surface area contributed by atoms with Crippen LogP contribution in [0.2, 0.25) is 0 Å². The van der Waals surface area contributed by atoms with Crippen LogP contribution in [0.3, 0.4) is 0 Å². The van der Waals surface area contributed by atoms with Gasteiger partial charge in [-0.15, -0.1) is 11.3 Å². The van der Waals surface area contributed by atoms with Gasteiger partial charge < -0.3 is 4.74 Å². The van der Waals surface area contributed by atoms with Crippen molar-refractivity contribution in [3.05, 3.63) is 38.1 Å². The highest BCUT2D eigenvalue weighted by Crippen LogP contribution is 2.58. The summed E-state index contributed by atoms with van der Waals surface area (Å²) in [6.45, 7) is 6.13. The summed E-state index contributed by atoms with van der Waals surface area (Å²) in [6.07, 6.45) is 6.13. The average Bonchev–Trinajstić information content (AvgIpc) is 3.04. The molecule has 4 aliphatic carbocycles. The molecule has 1 aromatic rings. The second kappa shape index (κ2) is 5.66. The number of aryl methyl sites for hydroxylation is 2. The minimum absolute atomic E-state index is 0.406. The highest BCUT2D eigenvalue weighted by Gasteiger charge is 2.49. The molecule has 26 heavy (non-hydrogen) atoms. The van der Waals surface area contributed by atoms with Gasteiger partial charge in [0, 0.05) is 9.75 Å². The smallest absolute Gasteiger partial charge is 0.347 e. The first-order chi connectivity index (χ1) is 12.4. The van der Waals surface area contributed by atoms with E-state index in [2.05, 4.69) is 19.9 Å². The molecule has 1 aliphatic heterocycles. The van der Waals surface area contributed by atoms with Gasteiger partial charge in [-0.25, -0.2) is 9.59 Å². The Bertz CT molecular complexity index is 868. The van der Waals surface area contributed by atoms with Gasteiger partial charge in [0.15, 0.2) is 0 Å². The molecule has 0 N–H and O–H groups in total. The van der Waals surface area contributed by atoms with E-state index in [1.165, 1.54) is 47.4 Å². The Labute approximate surface area is 158 Å². The van der Waals surface area contributed by atoms with Crippen LogP contribution < -0.4 is 0 Å². The first kappa shape index (κ1) is 16.5. The second-order valence-corrected chi connectivity index (χ2v) is 10.1. The molecule has 5 aliphatic rings. The van der Waals surface area contributed by atoms with Crippen LogP contribution in [0, 0.1) is 37.5 Å². The van der Waals surface area contributed by atoms with Crippen molar-refractivity contribution in [1.82, 2.24) is 0 Å². The van der Waals surface area contributed by atoms with E-state index in [0.29, 0.717) is 23.0 Å². The van der Waals surface area contributed by atoms with E-state index in [0.717, 1.165) is 23.0 Å². The molecule has 136 valence electrons. The lowest BCUT2D eigenvalue weighted by atomic mass is 9.53. The summed E-state index contributed by atoms with van der Waals surface area (Å²) in [6, 6.07) is 2.12. The van der Waals surface area contributed by atoms with Gasteiger partial charge in [-0.1, -0.05) is 0 Å². The summed E-state index contributed by atoms with van der Waals surface area (Å²) in [7, 11) is 0. The molecule has 0 spiro atoms. The van der Waals surface area contributed by atoms with Crippen LogP contribution in [-0.2, 0) is 14.3 Å². The van der Waals surface area contributed by atoms with Gasteiger partial charge in [0.1, 0.15) is 0 Å². The number of allylic oxidation sites excluding steroid dienone is 2. The zero-order valence-electron chi connectivity index (χ0n) is 15.6. The van der Waals surface area contributed by atoms with Crippen LogP contribution in [0.4, 0.5) is 0 Å². The topological polar surface area (TPSA) is 43.4 Å². The summed E-state index contributed by atoms with van der Waals surface area (Å²) < 4.78 is 5.14. The fourth-order valence-corrected chi connectivity index (χ4v) is 7.21. The molecule has 5 fully saturated rings. The Morgan fingerprint density at radius 2 is 1.62 bits per heavy atom. The van der Waals surface area contributed by atoms with Crippen molar-refractivity contribution in [1.29, 1.82) is 0 Å². The maximum Gasteiger partial charge on any atom is 0.347 e. The summed E-state index contributed by atoms with van der Waals surface area (Å²) >= 11 is 1.73. The van der Waals surface area contributed by atoms with E-state index >= 15 is 0 Å². The van der Waals surface area contributed by atoms with Crippen molar-refractivity contribution in [2.45, 2.75) is 52.9 Å². The van der Waals surface area contributed by atoms with E-state index in [-0.39, 0.29) is 0 Å². The molecule has 4 heteroatoms. The predicted molar refractivity (Wildman–Crippen MR) is 102 cm³/mol. The maximum atomic E-state index is 12.7. The van der Waals surface area contributed by atoms with Gasteiger partial charge in [0.05, 0.1) is 11.1 Å². The molecule has 4 bridgehead atoms. The van der Waals surface area contributed by atoms with E-state index < -0.39 is 11.9 Å². The molecule has 0 aromatic carbocycles. The summed E-state index contributed by atoms with van der Waals surface area (Å²) in [5.41, 5.74) is 4.41. The third-order valence-electron chi connectivity index (χ3n) is 6.97. The Morgan fingerprint density at radius 1 is 1.00 bits per heavy atom. The quantitative estimate of drug-likeness (QED) is 0.399. The van der Waals surface area contributed by atoms with Gasteiger partial charge in [0.2, 0.25) is 0 Å². The first-order valence-electron chi connectivity index (χ1n) is 9.71. The number of cyclic esters (lactones) is 2. The van der Waals surface area contributed by atoms with Crippen molar-refractivity contribution in [3.8, 4) is 0 Å². The van der Waals surface area contributed by atoms with Gasteiger partial charge in [0.25, 0.3) is 0 Å². The zero-order valence-corrected chi connectivity index (χ0v) is 16.4. The van der Waals surface area contributed by atoms with Gasteiger partial charge >= 0.3 is 11.9 Å². The minimum atomic E-state index is -0.452. The predicted octanol–water partition coefficient (Wildman–Crippen LogP) is 4.97.